The summed E-state index contributed by atoms with van der Waals surface area (Å²) in [6.07, 6.45) is -2.70. The highest BCUT2D eigenvalue weighted by Crippen LogP contribution is 2.34. The van der Waals surface area contributed by atoms with E-state index in [0.717, 1.165) is 6.07 Å². The summed E-state index contributed by atoms with van der Waals surface area (Å²) in [4.78, 5) is 0. The van der Waals surface area contributed by atoms with Crippen LogP contribution in [0.3, 0.4) is 0 Å². The number of nitrogens with two attached hydrogens (primary N) is 1. The van der Waals surface area contributed by atoms with E-state index in [-0.39, 0.29) is 28.3 Å². The van der Waals surface area contributed by atoms with Crippen LogP contribution in [-0.2, 0) is 0 Å². The van der Waals surface area contributed by atoms with Crippen molar-refractivity contribution in [2.75, 3.05) is 5.73 Å². The molecule has 0 spiro atoms. The van der Waals surface area contributed by atoms with E-state index < -0.39 is 6.43 Å². The number of rotatable bonds is 3. The van der Waals surface area contributed by atoms with Crippen LogP contribution in [0.4, 0.5) is 14.5 Å². The molecule has 0 aromatic heterocycles. The van der Waals surface area contributed by atoms with E-state index in [1.165, 1.54) is 12.1 Å². The monoisotopic (exact) mass is 260 g/mol. The summed E-state index contributed by atoms with van der Waals surface area (Å²) in [5.74, 6) is 0.226. The number of nitrogen functional groups attached to an aromatic ring is 1. The Balaban J connectivity index is 2.41. The van der Waals surface area contributed by atoms with Gasteiger partial charge in [-0.1, -0.05) is 12.1 Å². The molecule has 0 atom stereocenters. The van der Waals surface area contributed by atoms with Gasteiger partial charge < -0.3 is 10.5 Å². The molecule has 0 radical (unpaired) electrons. The zero-order valence-corrected chi connectivity index (χ0v) is 9.81. The smallest absolute Gasteiger partial charge is 0.267 e. The lowest BCUT2D eigenvalue weighted by Gasteiger charge is -2.12. The van der Waals surface area contributed by atoms with Gasteiger partial charge in [-0.25, -0.2) is 8.78 Å². The molecule has 0 amide bonds. The van der Waals surface area contributed by atoms with Crippen molar-refractivity contribution in [3.63, 3.8) is 0 Å². The number of ether oxygens (including phenoxy) is 1. The van der Waals surface area contributed by atoms with Crippen LogP contribution in [0, 0.1) is 11.3 Å². The van der Waals surface area contributed by atoms with Gasteiger partial charge in [0.25, 0.3) is 6.43 Å². The van der Waals surface area contributed by atoms with Crippen LogP contribution in [0.2, 0.25) is 0 Å². The second-order valence-electron chi connectivity index (χ2n) is 3.81. The van der Waals surface area contributed by atoms with Gasteiger partial charge in [-0.05, 0) is 30.3 Å². The summed E-state index contributed by atoms with van der Waals surface area (Å²) in [6, 6.07) is 12.4. The third-order valence-electron chi connectivity index (χ3n) is 2.50. The molecule has 0 saturated carbocycles. The molecule has 2 rings (SSSR count). The van der Waals surface area contributed by atoms with Gasteiger partial charge in [-0.2, -0.15) is 5.26 Å². The fourth-order valence-electron chi connectivity index (χ4n) is 1.60. The lowest BCUT2D eigenvalue weighted by molar-refractivity contribution is 0.148. The van der Waals surface area contributed by atoms with Crippen molar-refractivity contribution in [1.82, 2.24) is 0 Å². The SMILES string of the molecule is N#Cc1ccccc1Oc1ccc(N)cc1C(F)F. The predicted molar refractivity (Wildman–Crippen MR) is 67.0 cm³/mol. The van der Waals surface area contributed by atoms with E-state index in [2.05, 4.69) is 0 Å². The summed E-state index contributed by atoms with van der Waals surface area (Å²) in [7, 11) is 0. The average Bonchev–Trinajstić information content (AvgIpc) is 2.41. The van der Waals surface area contributed by atoms with Gasteiger partial charge in [0.15, 0.2) is 0 Å². The highest BCUT2D eigenvalue weighted by atomic mass is 19.3. The van der Waals surface area contributed by atoms with Crippen LogP contribution < -0.4 is 10.5 Å². The molecule has 0 bridgehead atoms. The van der Waals surface area contributed by atoms with Gasteiger partial charge in [-0.3, -0.25) is 0 Å². The first kappa shape index (κ1) is 12.8. The van der Waals surface area contributed by atoms with Crippen molar-refractivity contribution in [2.45, 2.75) is 6.43 Å². The second kappa shape index (κ2) is 5.36. The molecular formula is C14H10F2N2O. The molecule has 0 aliphatic rings. The Morgan fingerprint density at radius 3 is 2.53 bits per heavy atom. The fraction of sp³-hybridized carbons (Fsp3) is 0.0714. The Labute approximate surface area is 108 Å². The Kier molecular flexibility index (Phi) is 3.62. The second-order valence-corrected chi connectivity index (χ2v) is 3.81. The van der Waals surface area contributed by atoms with Crippen LogP contribution in [-0.4, -0.2) is 0 Å². The third kappa shape index (κ3) is 2.80. The van der Waals surface area contributed by atoms with Crippen molar-refractivity contribution in [2.24, 2.45) is 0 Å². The van der Waals surface area contributed by atoms with Gasteiger partial charge in [0.1, 0.15) is 17.6 Å². The van der Waals surface area contributed by atoms with E-state index >= 15 is 0 Å². The van der Waals surface area contributed by atoms with Crippen LogP contribution in [0.25, 0.3) is 0 Å². The van der Waals surface area contributed by atoms with Crippen LogP contribution in [0.5, 0.6) is 11.5 Å². The lowest BCUT2D eigenvalue weighted by Crippen LogP contribution is -1.96. The quantitative estimate of drug-likeness (QED) is 0.852. The molecule has 19 heavy (non-hydrogen) atoms. The Morgan fingerprint density at radius 1 is 1.11 bits per heavy atom. The molecule has 2 aromatic rings. The number of nitriles is 1. The molecule has 2 N–H and O–H groups in total. The Bertz CT molecular complexity index is 636. The molecular weight excluding hydrogens is 250 g/mol. The molecule has 0 saturated heterocycles. The third-order valence-corrected chi connectivity index (χ3v) is 2.50. The number of anilines is 1. The Morgan fingerprint density at radius 2 is 1.84 bits per heavy atom. The molecule has 5 heteroatoms. The van der Waals surface area contributed by atoms with Crippen molar-refractivity contribution in [3.8, 4) is 17.6 Å². The number of benzene rings is 2. The van der Waals surface area contributed by atoms with E-state index in [1.807, 2.05) is 6.07 Å². The van der Waals surface area contributed by atoms with E-state index in [1.54, 1.807) is 24.3 Å². The van der Waals surface area contributed by atoms with E-state index in [9.17, 15) is 8.78 Å². The first-order valence-electron chi connectivity index (χ1n) is 5.46. The van der Waals surface area contributed by atoms with Gasteiger partial charge in [-0.15, -0.1) is 0 Å². The van der Waals surface area contributed by atoms with Gasteiger partial charge in [0.05, 0.1) is 11.1 Å². The molecule has 0 heterocycles. The number of hydrogen-bond donors (Lipinski definition) is 1. The summed E-state index contributed by atoms with van der Waals surface area (Å²) in [5.41, 5.74) is 5.69. The first-order valence-corrected chi connectivity index (χ1v) is 5.46. The summed E-state index contributed by atoms with van der Waals surface area (Å²) in [5, 5.41) is 8.92. The lowest BCUT2D eigenvalue weighted by atomic mass is 10.1. The zero-order chi connectivity index (χ0) is 13.8. The van der Waals surface area contributed by atoms with E-state index in [4.69, 9.17) is 15.7 Å². The summed E-state index contributed by atoms with van der Waals surface area (Å²) in [6.45, 7) is 0. The number of halogens is 2. The Hall–Kier alpha value is -2.61. The summed E-state index contributed by atoms with van der Waals surface area (Å²) >= 11 is 0. The molecule has 0 aliphatic heterocycles. The van der Waals surface area contributed by atoms with Crippen molar-refractivity contribution in [1.29, 1.82) is 5.26 Å². The molecule has 0 fully saturated rings. The van der Waals surface area contributed by atoms with Crippen molar-refractivity contribution >= 4 is 5.69 Å². The maximum Gasteiger partial charge on any atom is 0.267 e. The first-order chi connectivity index (χ1) is 9.11. The molecule has 96 valence electrons. The van der Waals surface area contributed by atoms with Gasteiger partial charge >= 0.3 is 0 Å². The molecule has 3 nitrogen and oxygen atoms in total. The minimum Gasteiger partial charge on any atom is -0.455 e. The standard InChI is InChI=1S/C14H10F2N2O/c15-14(16)11-7-10(18)5-6-13(11)19-12-4-2-1-3-9(12)8-17/h1-7,14H,18H2. The maximum absolute atomic E-state index is 12.9. The van der Waals surface area contributed by atoms with Crippen LogP contribution in [0.1, 0.15) is 17.6 Å². The predicted octanol–water partition coefficient (Wildman–Crippen LogP) is 3.87. The molecule has 0 unspecified atom stereocenters. The number of alkyl halides is 2. The van der Waals surface area contributed by atoms with Crippen molar-refractivity contribution < 1.29 is 13.5 Å². The highest BCUT2D eigenvalue weighted by molar-refractivity contribution is 5.51. The van der Waals surface area contributed by atoms with Gasteiger partial charge in [0.2, 0.25) is 0 Å². The number of hydrogen-bond acceptors (Lipinski definition) is 3. The zero-order valence-electron chi connectivity index (χ0n) is 9.81. The summed E-state index contributed by atoms with van der Waals surface area (Å²) < 4.78 is 31.2. The highest BCUT2D eigenvalue weighted by Gasteiger charge is 2.16. The molecule has 2 aromatic carbocycles. The largest absolute Gasteiger partial charge is 0.455 e. The topological polar surface area (TPSA) is 59.0 Å². The normalized spacial score (nSPS) is 10.2. The van der Waals surface area contributed by atoms with Crippen LogP contribution >= 0.6 is 0 Å². The minimum absolute atomic E-state index is 0.00750. The fourth-order valence-corrected chi connectivity index (χ4v) is 1.60. The van der Waals surface area contributed by atoms with Gasteiger partial charge in [0, 0.05) is 5.69 Å². The molecule has 0 aliphatic carbocycles. The minimum atomic E-state index is -2.70. The number of nitrogens with zero attached hydrogens (tertiary/aromatic N) is 1. The maximum atomic E-state index is 12.9. The average molecular weight is 260 g/mol. The van der Waals surface area contributed by atoms with Crippen LogP contribution in [0.15, 0.2) is 42.5 Å². The van der Waals surface area contributed by atoms with E-state index in [0.29, 0.717) is 0 Å². The van der Waals surface area contributed by atoms with Crippen molar-refractivity contribution in [3.05, 3.63) is 53.6 Å². The number of para-hydroxylation sites is 1.